The van der Waals surface area contributed by atoms with Crippen molar-refractivity contribution in [2.75, 3.05) is 0 Å². The first kappa shape index (κ1) is 18.4. The van der Waals surface area contributed by atoms with E-state index in [1.807, 2.05) is 66.0 Å². The van der Waals surface area contributed by atoms with Gasteiger partial charge in [-0.05, 0) is 12.1 Å². The molecule has 1 N–H and O–H groups in total. The maximum atomic E-state index is 12.3. The molecule has 0 aliphatic carbocycles. The van der Waals surface area contributed by atoms with Crippen LogP contribution < -0.4 is 5.32 Å². The zero-order chi connectivity index (χ0) is 18.7. The van der Waals surface area contributed by atoms with Gasteiger partial charge in [-0.3, -0.25) is 14.9 Å². The average molecular weight is 410 g/mol. The number of para-hydroxylation sites is 1. The van der Waals surface area contributed by atoms with Gasteiger partial charge in [0.2, 0.25) is 5.82 Å². The van der Waals surface area contributed by atoms with Gasteiger partial charge in [0.15, 0.2) is 5.82 Å². The molecule has 0 bridgehead atoms. The highest BCUT2D eigenvalue weighted by atomic mass is 35.6. The molecule has 3 rings (SSSR count). The van der Waals surface area contributed by atoms with Crippen molar-refractivity contribution in [2.45, 2.75) is 3.79 Å². The van der Waals surface area contributed by atoms with E-state index < -0.39 is 15.6 Å². The zero-order valence-corrected chi connectivity index (χ0v) is 15.3. The first-order valence-electron chi connectivity index (χ1n) is 7.36. The number of alkyl halides is 3. The van der Waals surface area contributed by atoms with Crippen molar-refractivity contribution in [3.63, 3.8) is 0 Å². The number of carbonyl (C=O) groups is 2. The van der Waals surface area contributed by atoms with Gasteiger partial charge in [0.25, 0.3) is 15.6 Å². The maximum Gasteiger partial charge on any atom is 0.297 e. The minimum Gasteiger partial charge on any atom is -0.286 e. The summed E-state index contributed by atoms with van der Waals surface area (Å²) in [6.45, 7) is 0. The van der Waals surface area contributed by atoms with Crippen LogP contribution in [0.4, 0.5) is 0 Å². The Labute approximate surface area is 163 Å². The Balaban J connectivity index is 2.02. The SMILES string of the molecule is O=C(NC(=O)C(Cl)(Cl)Cl)c1nc(-c2ccccc2)n(-c2ccccc2)n1. The van der Waals surface area contributed by atoms with Crippen molar-refractivity contribution in [1.82, 2.24) is 20.1 Å². The predicted molar refractivity (Wildman–Crippen MR) is 99.6 cm³/mol. The Morgan fingerprint density at radius 2 is 1.50 bits per heavy atom. The van der Waals surface area contributed by atoms with Crippen molar-refractivity contribution in [3.8, 4) is 17.1 Å². The first-order valence-corrected chi connectivity index (χ1v) is 8.50. The Morgan fingerprint density at radius 3 is 2.08 bits per heavy atom. The lowest BCUT2D eigenvalue weighted by Gasteiger charge is -2.08. The number of hydrogen-bond donors (Lipinski definition) is 1. The summed E-state index contributed by atoms with van der Waals surface area (Å²) < 4.78 is -0.760. The number of rotatable bonds is 3. The fourth-order valence-electron chi connectivity index (χ4n) is 2.16. The zero-order valence-electron chi connectivity index (χ0n) is 13.1. The van der Waals surface area contributed by atoms with Crippen molar-refractivity contribution in [1.29, 1.82) is 0 Å². The Bertz CT molecular complexity index is 881. The third-order valence-corrected chi connectivity index (χ3v) is 3.84. The normalized spacial score (nSPS) is 11.2. The minimum absolute atomic E-state index is 0.227. The second kappa shape index (κ2) is 7.45. The molecular formula is C17H11Cl3N4O2. The van der Waals surface area contributed by atoms with E-state index in [0.717, 1.165) is 5.56 Å². The second-order valence-corrected chi connectivity index (χ2v) is 7.43. The van der Waals surface area contributed by atoms with Gasteiger partial charge in [-0.1, -0.05) is 83.3 Å². The van der Waals surface area contributed by atoms with Gasteiger partial charge in [0, 0.05) is 5.56 Å². The molecule has 0 saturated carbocycles. The van der Waals surface area contributed by atoms with Gasteiger partial charge in [0.05, 0.1) is 5.69 Å². The van der Waals surface area contributed by atoms with Gasteiger partial charge in [-0.25, -0.2) is 9.67 Å². The molecule has 26 heavy (non-hydrogen) atoms. The Hall–Kier alpha value is -2.41. The van der Waals surface area contributed by atoms with Crippen LogP contribution in [0.3, 0.4) is 0 Å². The summed E-state index contributed by atoms with van der Waals surface area (Å²) in [5.41, 5.74) is 1.45. The third-order valence-electron chi connectivity index (χ3n) is 3.33. The van der Waals surface area contributed by atoms with Crippen molar-refractivity contribution >= 4 is 46.6 Å². The molecule has 132 valence electrons. The number of nitrogens with zero attached hydrogens (tertiary/aromatic N) is 3. The summed E-state index contributed by atoms with van der Waals surface area (Å²) in [4.78, 5) is 28.2. The van der Waals surface area contributed by atoms with Crippen LogP contribution in [0.1, 0.15) is 10.6 Å². The highest BCUT2D eigenvalue weighted by molar-refractivity contribution is 6.76. The fraction of sp³-hybridized carbons (Fsp3) is 0.0588. The molecule has 0 spiro atoms. The van der Waals surface area contributed by atoms with E-state index in [4.69, 9.17) is 34.8 Å². The summed E-state index contributed by atoms with van der Waals surface area (Å²) in [6, 6.07) is 18.3. The van der Waals surface area contributed by atoms with Gasteiger partial charge in [-0.15, -0.1) is 5.10 Å². The van der Waals surface area contributed by atoms with Crippen LogP contribution >= 0.6 is 34.8 Å². The lowest BCUT2D eigenvalue weighted by molar-refractivity contribution is -0.119. The van der Waals surface area contributed by atoms with Gasteiger partial charge < -0.3 is 0 Å². The molecule has 1 aromatic heterocycles. The highest BCUT2D eigenvalue weighted by Gasteiger charge is 2.33. The van der Waals surface area contributed by atoms with Gasteiger partial charge >= 0.3 is 0 Å². The predicted octanol–water partition coefficient (Wildman–Crippen LogP) is 3.56. The minimum atomic E-state index is -2.26. The topological polar surface area (TPSA) is 76.9 Å². The van der Waals surface area contributed by atoms with Crippen LogP contribution in [0, 0.1) is 0 Å². The number of carbonyl (C=O) groups excluding carboxylic acids is 2. The molecule has 0 aliphatic rings. The van der Waals surface area contributed by atoms with Crippen LogP contribution in [0.25, 0.3) is 17.1 Å². The standard InChI is InChI=1S/C17H11Cl3N4O2/c18-17(19,20)16(26)22-15(25)13-21-14(11-7-3-1-4-8-11)24(23-13)12-9-5-2-6-10-12/h1-10H,(H,22,25,26). The lowest BCUT2D eigenvalue weighted by atomic mass is 10.2. The molecule has 0 aliphatic heterocycles. The van der Waals surface area contributed by atoms with Crippen LogP contribution in [-0.4, -0.2) is 30.4 Å². The summed E-state index contributed by atoms with van der Waals surface area (Å²) in [5.74, 6) is -1.74. The van der Waals surface area contributed by atoms with Gasteiger partial charge in [0.1, 0.15) is 0 Å². The molecule has 1 heterocycles. The van der Waals surface area contributed by atoms with Crippen LogP contribution in [0.2, 0.25) is 0 Å². The van der Waals surface area contributed by atoms with E-state index >= 15 is 0 Å². The molecule has 0 radical (unpaired) electrons. The number of nitrogens with one attached hydrogen (secondary N) is 1. The molecule has 6 nitrogen and oxygen atoms in total. The van der Waals surface area contributed by atoms with E-state index in [-0.39, 0.29) is 5.82 Å². The average Bonchev–Trinajstić information content (AvgIpc) is 3.08. The summed E-state index contributed by atoms with van der Waals surface area (Å²) in [5, 5.41) is 6.17. The molecule has 3 aromatic rings. The Morgan fingerprint density at radius 1 is 0.923 bits per heavy atom. The molecule has 9 heteroatoms. The summed E-state index contributed by atoms with van der Waals surface area (Å²) in [6.07, 6.45) is 0. The number of aromatic nitrogens is 3. The molecule has 0 atom stereocenters. The van der Waals surface area contributed by atoms with E-state index in [0.29, 0.717) is 11.5 Å². The van der Waals surface area contributed by atoms with Gasteiger partial charge in [-0.2, -0.15) is 0 Å². The smallest absolute Gasteiger partial charge is 0.286 e. The number of imide groups is 1. The van der Waals surface area contributed by atoms with Crippen molar-refractivity contribution < 1.29 is 9.59 Å². The highest BCUT2D eigenvalue weighted by Crippen LogP contribution is 2.26. The van der Waals surface area contributed by atoms with E-state index in [2.05, 4.69) is 10.1 Å². The van der Waals surface area contributed by atoms with E-state index in [9.17, 15) is 9.59 Å². The Kier molecular flexibility index (Phi) is 5.27. The largest absolute Gasteiger partial charge is 0.297 e. The molecule has 0 fully saturated rings. The van der Waals surface area contributed by atoms with Crippen LogP contribution in [0.5, 0.6) is 0 Å². The quantitative estimate of drug-likeness (QED) is 0.671. The molecule has 2 aromatic carbocycles. The first-order chi connectivity index (χ1) is 12.4. The second-order valence-electron chi connectivity index (χ2n) is 5.15. The van der Waals surface area contributed by atoms with E-state index in [1.165, 1.54) is 4.68 Å². The molecular weight excluding hydrogens is 399 g/mol. The lowest BCUT2D eigenvalue weighted by Crippen LogP contribution is -2.39. The summed E-state index contributed by atoms with van der Waals surface area (Å²) >= 11 is 16.4. The molecule has 2 amide bonds. The number of halogens is 3. The fourth-order valence-corrected chi connectivity index (χ4v) is 2.30. The number of hydrogen-bond acceptors (Lipinski definition) is 4. The molecule has 0 unspecified atom stereocenters. The maximum absolute atomic E-state index is 12.3. The van der Waals surface area contributed by atoms with Crippen LogP contribution in [0.15, 0.2) is 60.7 Å². The third kappa shape index (κ3) is 4.04. The number of amides is 2. The monoisotopic (exact) mass is 408 g/mol. The van der Waals surface area contributed by atoms with Crippen LogP contribution in [-0.2, 0) is 4.79 Å². The molecule has 0 saturated heterocycles. The van der Waals surface area contributed by atoms with Crippen molar-refractivity contribution in [3.05, 3.63) is 66.5 Å². The number of benzene rings is 2. The summed E-state index contributed by atoms with van der Waals surface area (Å²) in [7, 11) is 0. The van der Waals surface area contributed by atoms with E-state index in [1.54, 1.807) is 0 Å². The van der Waals surface area contributed by atoms with Crippen molar-refractivity contribution in [2.24, 2.45) is 0 Å².